The van der Waals surface area contributed by atoms with Gasteiger partial charge in [0.25, 0.3) is 0 Å². The lowest BCUT2D eigenvalue weighted by atomic mass is 9.77. The molecule has 0 radical (unpaired) electrons. The summed E-state index contributed by atoms with van der Waals surface area (Å²) in [6.07, 6.45) is 0. The quantitative estimate of drug-likeness (QED) is 0.499. The second-order valence-electron chi connectivity index (χ2n) is 2.87. The second kappa shape index (κ2) is 3.16. The molecule has 0 amide bonds. The first kappa shape index (κ1) is 9.33. The van der Waals surface area contributed by atoms with Crippen LogP contribution in [-0.4, -0.2) is 27.4 Å². The highest BCUT2D eigenvalue weighted by Gasteiger charge is 2.22. The molecule has 0 aliphatic rings. The van der Waals surface area contributed by atoms with Crippen LogP contribution in [0.5, 0.6) is 11.5 Å². The molecular formula is C8H7BO4S. The molecular weight excluding hydrogens is 203 g/mol. The summed E-state index contributed by atoms with van der Waals surface area (Å²) in [7, 11) is -1.79. The summed E-state index contributed by atoms with van der Waals surface area (Å²) < 4.78 is 0.698. The summed E-state index contributed by atoms with van der Waals surface area (Å²) >= 11 is 1.27. The molecule has 72 valence electrons. The normalized spacial score (nSPS) is 10.7. The van der Waals surface area contributed by atoms with Crippen LogP contribution in [0.15, 0.2) is 17.5 Å². The van der Waals surface area contributed by atoms with E-state index in [-0.39, 0.29) is 17.0 Å². The fourth-order valence-electron chi connectivity index (χ4n) is 1.39. The molecule has 0 aliphatic heterocycles. The van der Waals surface area contributed by atoms with Gasteiger partial charge in [0.2, 0.25) is 0 Å². The number of thiophene rings is 1. The number of aromatic hydroxyl groups is 2. The molecule has 0 fully saturated rings. The number of fused-ring (bicyclic) bond motifs is 1. The van der Waals surface area contributed by atoms with Crippen LogP contribution in [0.1, 0.15) is 0 Å². The summed E-state index contributed by atoms with van der Waals surface area (Å²) in [6.45, 7) is 0. The third kappa shape index (κ3) is 1.24. The Morgan fingerprint density at radius 2 is 1.79 bits per heavy atom. The van der Waals surface area contributed by atoms with Crippen molar-refractivity contribution in [2.45, 2.75) is 0 Å². The van der Waals surface area contributed by atoms with Crippen molar-refractivity contribution in [3.8, 4) is 11.5 Å². The van der Waals surface area contributed by atoms with E-state index in [0.29, 0.717) is 10.1 Å². The maximum Gasteiger partial charge on any atom is 0.493 e. The third-order valence-electron chi connectivity index (χ3n) is 2.00. The van der Waals surface area contributed by atoms with Crippen LogP contribution in [0.2, 0.25) is 0 Å². The Bertz CT molecular complexity index is 479. The highest BCUT2D eigenvalue weighted by Crippen LogP contribution is 2.31. The largest absolute Gasteiger partial charge is 0.508 e. The minimum absolute atomic E-state index is 0.0519. The first-order valence-electron chi connectivity index (χ1n) is 3.89. The van der Waals surface area contributed by atoms with Crippen molar-refractivity contribution in [3.63, 3.8) is 0 Å². The Morgan fingerprint density at radius 3 is 2.43 bits per heavy atom. The van der Waals surface area contributed by atoms with Crippen LogP contribution in [0, 0.1) is 0 Å². The molecule has 4 N–H and O–H groups in total. The lowest BCUT2D eigenvalue weighted by Gasteiger charge is -2.04. The van der Waals surface area contributed by atoms with Gasteiger partial charge in [0, 0.05) is 20.9 Å². The topological polar surface area (TPSA) is 80.9 Å². The fourth-order valence-corrected chi connectivity index (χ4v) is 2.23. The van der Waals surface area contributed by atoms with E-state index in [0.717, 1.165) is 0 Å². The van der Waals surface area contributed by atoms with E-state index < -0.39 is 7.12 Å². The molecule has 0 saturated carbocycles. The molecule has 0 bridgehead atoms. The van der Waals surface area contributed by atoms with E-state index in [1.165, 1.54) is 22.8 Å². The smallest absolute Gasteiger partial charge is 0.493 e. The van der Waals surface area contributed by atoms with E-state index in [1.54, 1.807) is 6.07 Å². The maximum atomic E-state index is 9.44. The zero-order valence-electron chi connectivity index (χ0n) is 7.01. The Kier molecular flexibility index (Phi) is 2.11. The van der Waals surface area contributed by atoms with Crippen LogP contribution >= 0.6 is 11.3 Å². The van der Waals surface area contributed by atoms with Crippen molar-refractivity contribution in [3.05, 3.63) is 17.5 Å². The molecule has 1 aromatic heterocycles. The number of rotatable bonds is 1. The molecule has 14 heavy (non-hydrogen) atoms. The van der Waals surface area contributed by atoms with E-state index >= 15 is 0 Å². The highest BCUT2D eigenvalue weighted by molar-refractivity contribution is 7.17. The molecule has 0 saturated heterocycles. The highest BCUT2D eigenvalue weighted by atomic mass is 32.1. The zero-order valence-corrected chi connectivity index (χ0v) is 7.82. The van der Waals surface area contributed by atoms with Gasteiger partial charge in [0.15, 0.2) is 0 Å². The average Bonchev–Trinajstić information content (AvgIpc) is 2.47. The first-order valence-corrected chi connectivity index (χ1v) is 4.77. The number of benzene rings is 1. The van der Waals surface area contributed by atoms with Gasteiger partial charge in [-0.15, -0.1) is 11.3 Å². The van der Waals surface area contributed by atoms with Gasteiger partial charge in [-0.2, -0.15) is 0 Å². The van der Waals surface area contributed by atoms with Crippen LogP contribution < -0.4 is 5.46 Å². The van der Waals surface area contributed by atoms with Crippen LogP contribution in [0.25, 0.3) is 10.1 Å². The van der Waals surface area contributed by atoms with Gasteiger partial charge < -0.3 is 20.3 Å². The van der Waals surface area contributed by atoms with Gasteiger partial charge >= 0.3 is 7.12 Å². The van der Waals surface area contributed by atoms with Gasteiger partial charge in [-0.1, -0.05) is 0 Å². The molecule has 2 aromatic rings. The SMILES string of the molecule is OB(O)c1c(O)ccc2scc(O)c12. The lowest BCUT2D eigenvalue weighted by molar-refractivity contribution is 0.419. The number of phenols is 1. The molecule has 6 heteroatoms. The molecule has 0 aliphatic carbocycles. The van der Waals surface area contributed by atoms with Gasteiger partial charge in [-0.05, 0) is 12.1 Å². The summed E-state index contributed by atoms with van der Waals surface area (Å²) in [6, 6.07) is 2.98. The Balaban J connectivity index is 2.87. The van der Waals surface area contributed by atoms with Gasteiger partial charge in [-0.3, -0.25) is 0 Å². The van der Waals surface area contributed by atoms with E-state index in [2.05, 4.69) is 0 Å². The molecule has 2 rings (SSSR count). The van der Waals surface area contributed by atoms with Crippen molar-refractivity contribution in [2.75, 3.05) is 0 Å². The minimum atomic E-state index is -1.79. The van der Waals surface area contributed by atoms with Crippen LogP contribution in [0.4, 0.5) is 0 Å². The Morgan fingerprint density at radius 1 is 1.07 bits per heavy atom. The van der Waals surface area contributed by atoms with Crippen LogP contribution in [-0.2, 0) is 0 Å². The standard InChI is InChI=1S/C8H7BO4S/c10-4-1-2-6-7(5(11)3-14-6)8(4)9(12)13/h1-3,10-13H. The molecule has 0 spiro atoms. The predicted octanol–water partition coefficient (Wildman–Crippen LogP) is -0.00770. The van der Waals surface area contributed by atoms with E-state index in [9.17, 15) is 10.2 Å². The Hall–Kier alpha value is -1.24. The summed E-state index contributed by atoms with van der Waals surface area (Å²) in [5.74, 6) is -0.287. The first-order chi connectivity index (χ1) is 6.61. The summed E-state index contributed by atoms with van der Waals surface area (Å²) in [5.41, 5.74) is -0.0544. The van der Waals surface area contributed by atoms with Crippen LogP contribution in [0.3, 0.4) is 0 Å². The van der Waals surface area contributed by atoms with Crippen molar-refractivity contribution in [1.29, 1.82) is 0 Å². The molecule has 4 nitrogen and oxygen atoms in total. The molecule has 1 aromatic carbocycles. The maximum absolute atomic E-state index is 9.44. The molecule has 0 atom stereocenters. The van der Waals surface area contributed by atoms with Crippen molar-refractivity contribution < 1.29 is 20.3 Å². The number of hydrogen-bond donors (Lipinski definition) is 4. The van der Waals surface area contributed by atoms with Crippen molar-refractivity contribution in [1.82, 2.24) is 0 Å². The zero-order chi connectivity index (χ0) is 10.3. The van der Waals surface area contributed by atoms with Gasteiger partial charge in [0.05, 0.1) is 0 Å². The number of hydrogen-bond acceptors (Lipinski definition) is 5. The lowest BCUT2D eigenvalue weighted by Crippen LogP contribution is -2.30. The second-order valence-corrected chi connectivity index (χ2v) is 3.78. The summed E-state index contributed by atoms with van der Waals surface area (Å²) in [4.78, 5) is 0. The molecule has 0 unspecified atom stereocenters. The Labute approximate surface area is 83.8 Å². The monoisotopic (exact) mass is 210 g/mol. The fraction of sp³-hybridized carbons (Fsp3) is 0. The van der Waals surface area contributed by atoms with Crippen molar-refractivity contribution >= 4 is 34.0 Å². The number of phenolic OH excluding ortho intramolecular Hbond substituents is 1. The predicted molar refractivity (Wildman–Crippen MR) is 55.0 cm³/mol. The van der Waals surface area contributed by atoms with E-state index in [4.69, 9.17) is 10.0 Å². The third-order valence-corrected chi connectivity index (χ3v) is 2.93. The molecule has 1 heterocycles. The van der Waals surface area contributed by atoms with Gasteiger partial charge in [-0.25, -0.2) is 0 Å². The minimum Gasteiger partial charge on any atom is -0.508 e. The van der Waals surface area contributed by atoms with Gasteiger partial charge in [0.1, 0.15) is 11.5 Å². The average molecular weight is 210 g/mol. The van der Waals surface area contributed by atoms with E-state index in [1.807, 2.05) is 0 Å². The van der Waals surface area contributed by atoms with Crippen molar-refractivity contribution in [2.24, 2.45) is 0 Å². The summed E-state index contributed by atoms with van der Waals surface area (Å²) in [5, 5.41) is 38.7.